The summed E-state index contributed by atoms with van der Waals surface area (Å²) in [4.78, 5) is 2.30. The van der Waals surface area contributed by atoms with Crippen LogP contribution in [-0.2, 0) is 13.0 Å². The molecule has 5 heteroatoms. The molecule has 0 bridgehead atoms. The maximum atomic E-state index is 6.19. The highest BCUT2D eigenvalue weighted by Crippen LogP contribution is 2.33. The molecular weight excluding hydrogens is 310 g/mol. The van der Waals surface area contributed by atoms with Crippen LogP contribution in [-0.4, -0.2) is 16.2 Å². The van der Waals surface area contributed by atoms with Gasteiger partial charge in [-0.25, -0.2) is 0 Å². The fourth-order valence-electron chi connectivity index (χ4n) is 3.08. The number of hydrogen-bond donors (Lipinski definition) is 0. The second kappa shape index (κ2) is 5.70. The van der Waals surface area contributed by atoms with E-state index in [2.05, 4.69) is 46.3 Å². The zero-order chi connectivity index (χ0) is 15.8. The second-order valence-electron chi connectivity index (χ2n) is 5.79. The van der Waals surface area contributed by atoms with E-state index in [1.165, 1.54) is 11.3 Å². The van der Waals surface area contributed by atoms with Gasteiger partial charge < -0.3 is 9.32 Å². The molecule has 23 heavy (non-hydrogen) atoms. The van der Waals surface area contributed by atoms with Crippen LogP contribution >= 0.6 is 11.6 Å². The fraction of sp³-hybridized carbons (Fsp3) is 0.222. The summed E-state index contributed by atoms with van der Waals surface area (Å²) in [6, 6.07) is 16.4. The Morgan fingerprint density at radius 2 is 1.91 bits per heavy atom. The molecule has 0 amide bonds. The van der Waals surface area contributed by atoms with E-state index < -0.39 is 0 Å². The third kappa shape index (κ3) is 2.59. The summed E-state index contributed by atoms with van der Waals surface area (Å²) in [5, 5.41) is 8.94. The first-order valence-corrected chi connectivity index (χ1v) is 8.02. The Hall–Kier alpha value is -2.33. The molecule has 0 spiro atoms. The van der Waals surface area contributed by atoms with Crippen LogP contribution in [0.1, 0.15) is 18.4 Å². The van der Waals surface area contributed by atoms with E-state index in [-0.39, 0.29) is 0 Å². The molecule has 2 heterocycles. The first kappa shape index (κ1) is 14.3. The van der Waals surface area contributed by atoms with Crippen LogP contribution in [0.3, 0.4) is 0 Å². The lowest BCUT2D eigenvalue weighted by molar-refractivity contribution is 0.489. The van der Waals surface area contributed by atoms with Gasteiger partial charge in [0.2, 0.25) is 11.8 Å². The van der Waals surface area contributed by atoms with Crippen molar-refractivity contribution in [3.05, 3.63) is 65.0 Å². The average Bonchev–Trinajstić information content (AvgIpc) is 3.14. The Kier molecular flexibility index (Phi) is 3.54. The third-order valence-corrected chi connectivity index (χ3v) is 4.55. The van der Waals surface area contributed by atoms with Gasteiger partial charge in [-0.3, -0.25) is 0 Å². The Morgan fingerprint density at radius 3 is 2.78 bits per heavy atom. The maximum Gasteiger partial charge on any atom is 0.249 e. The van der Waals surface area contributed by atoms with Crippen molar-refractivity contribution in [2.45, 2.75) is 25.9 Å². The predicted octanol–water partition coefficient (Wildman–Crippen LogP) is 4.34. The number of benzene rings is 2. The summed E-state index contributed by atoms with van der Waals surface area (Å²) < 4.78 is 5.83. The number of aromatic nitrogens is 2. The molecule has 2 aromatic carbocycles. The number of nitrogens with zero attached hydrogens (tertiary/aromatic N) is 3. The number of fused-ring (bicyclic) bond motifs is 1. The lowest BCUT2D eigenvalue weighted by Gasteiger charge is -2.22. The summed E-state index contributed by atoms with van der Waals surface area (Å²) in [5.74, 6) is 1.06. The summed E-state index contributed by atoms with van der Waals surface area (Å²) in [6.45, 7) is 2.82. The molecule has 4 nitrogen and oxygen atoms in total. The zero-order valence-corrected chi connectivity index (χ0v) is 13.5. The van der Waals surface area contributed by atoms with Gasteiger partial charge in [0.05, 0.1) is 17.1 Å². The summed E-state index contributed by atoms with van der Waals surface area (Å²) >= 11 is 6.19. The van der Waals surface area contributed by atoms with Crippen LogP contribution in [0.25, 0.3) is 11.5 Å². The summed E-state index contributed by atoms with van der Waals surface area (Å²) in [6.07, 6.45) is 1.04. The van der Waals surface area contributed by atoms with E-state index >= 15 is 0 Å². The van der Waals surface area contributed by atoms with E-state index in [1.807, 2.05) is 24.3 Å². The van der Waals surface area contributed by atoms with Crippen LogP contribution < -0.4 is 4.90 Å². The van der Waals surface area contributed by atoms with E-state index in [1.54, 1.807) is 0 Å². The van der Waals surface area contributed by atoms with Gasteiger partial charge in [-0.2, -0.15) is 0 Å². The SMILES string of the molecule is CC1Cc2ccccc2N1Cc1nnc(-c2ccccc2Cl)o1. The van der Waals surface area contributed by atoms with Crippen molar-refractivity contribution < 1.29 is 4.42 Å². The molecule has 0 saturated heterocycles. The van der Waals surface area contributed by atoms with Gasteiger partial charge in [0.25, 0.3) is 0 Å². The normalized spacial score (nSPS) is 16.6. The van der Waals surface area contributed by atoms with Crippen molar-refractivity contribution in [3.8, 4) is 11.5 Å². The number of hydrogen-bond acceptors (Lipinski definition) is 4. The third-order valence-electron chi connectivity index (χ3n) is 4.23. The van der Waals surface area contributed by atoms with Gasteiger partial charge in [-0.15, -0.1) is 10.2 Å². The van der Waals surface area contributed by atoms with Crippen LogP contribution in [0.2, 0.25) is 5.02 Å². The Morgan fingerprint density at radius 1 is 1.13 bits per heavy atom. The Bertz CT molecular complexity index is 846. The molecule has 1 aromatic heterocycles. The molecule has 1 aliphatic heterocycles. The standard InChI is InChI=1S/C18H16ClN3O/c1-12-10-13-6-2-5-9-16(13)22(12)11-17-20-21-18(23-17)14-7-3-4-8-15(14)19/h2-9,12H,10-11H2,1H3. The number of halogens is 1. The van der Waals surface area contributed by atoms with E-state index in [4.69, 9.17) is 16.0 Å². The molecule has 0 fully saturated rings. The first-order valence-electron chi connectivity index (χ1n) is 7.64. The number of rotatable bonds is 3. The highest BCUT2D eigenvalue weighted by atomic mass is 35.5. The largest absolute Gasteiger partial charge is 0.419 e. The average molecular weight is 326 g/mol. The van der Waals surface area contributed by atoms with Crippen LogP contribution in [0.4, 0.5) is 5.69 Å². The lowest BCUT2D eigenvalue weighted by Crippen LogP contribution is -2.28. The van der Waals surface area contributed by atoms with Crippen LogP contribution in [0.5, 0.6) is 0 Å². The predicted molar refractivity (Wildman–Crippen MR) is 90.5 cm³/mol. The molecule has 1 aliphatic rings. The molecule has 0 radical (unpaired) electrons. The lowest BCUT2D eigenvalue weighted by atomic mass is 10.1. The van der Waals surface area contributed by atoms with Gasteiger partial charge in [-0.05, 0) is 37.1 Å². The smallest absolute Gasteiger partial charge is 0.249 e. The van der Waals surface area contributed by atoms with Crippen molar-refractivity contribution >= 4 is 17.3 Å². The highest BCUT2D eigenvalue weighted by Gasteiger charge is 2.27. The molecule has 3 aromatic rings. The van der Waals surface area contributed by atoms with Crippen molar-refractivity contribution in [2.75, 3.05) is 4.90 Å². The molecular formula is C18H16ClN3O. The second-order valence-corrected chi connectivity index (χ2v) is 6.20. The molecule has 116 valence electrons. The number of para-hydroxylation sites is 1. The minimum atomic E-state index is 0.420. The quantitative estimate of drug-likeness (QED) is 0.718. The van der Waals surface area contributed by atoms with Crippen LogP contribution in [0, 0.1) is 0 Å². The van der Waals surface area contributed by atoms with Gasteiger partial charge in [0, 0.05) is 11.7 Å². The zero-order valence-electron chi connectivity index (χ0n) is 12.7. The molecule has 0 saturated carbocycles. The van der Waals surface area contributed by atoms with Gasteiger partial charge in [0.1, 0.15) is 0 Å². The van der Waals surface area contributed by atoms with E-state index in [0.717, 1.165) is 12.0 Å². The van der Waals surface area contributed by atoms with Gasteiger partial charge in [-0.1, -0.05) is 41.9 Å². The summed E-state index contributed by atoms with van der Waals surface area (Å²) in [7, 11) is 0. The van der Waals surface area contributed by atoms with Gasteiger partial charge >= 0.3 is 0 Å². The van der Waals surface area contributed by atoms with E-state index in [9.17, 15) is 0 Å². The number of anilines is 1. The topological polar surface area (TPSA) is 42.2 Å². The fourth-order valence-corrected chi connectivity index (χ4v) is 3.29. The molecule has 4 rings (SSSR count). The van der Waals surface area contributed by atoms with Crippen molar-refractivity contribution in [3.63, 3.8) is 0 Å². The minimum Gasteiger partial charge on any atom is -0.419 e. The molecule has 0 N–H and O–H groups in total. The Balaban J connectivity index is 1.60. The van der Waals surface area contributed by atoms with E-state index in [0.29, 0.717) is 29.4 Å². The molecule has 0 aliphatic carbocycles. The van der Waals surface area contributed by atoms with Crippen molar-refractivity contribution in [1.29, 1.82) is 0 Å². The Labute approximate surface area is 139 Å². The molecule has 1 atom stereocenters. The van der Waals surface area contributed by atoms with Gasteiger partial charge in [0.15, 0.2) is 0 Å². The van der Waals surface area contributed by atoms with Crippen molar-refractivity contribution in [2.24, 2.45) is 0 Å². The van der Waals surface area contributed by atoms with Crippen LogP contribution in [0.15, 0.2) is 52.9 Å². The maximum absolute atomic E-state index is 6.19. The monoisotopic (exact) mass is 325 g/mol. The highest BCUT2D eigenvalue weighted by molar-refractivity contribution is 6.33. The minimum absolute atomic E-state index is 0.420. The van der Waals surface area contributed by atoms with Crippen molar-refractivity contribution in [1.82, 2.24) is 10.2 Å². The molecule has 1 unspecified atom stereocenters. The first-order chi connectivity index (χ1) is 11.2. The summed E-state index contributed by atoms with van der Waals surface area (Å²) in [5.41, 5.74) is 3.38.